The van der Waals surface area contributed by atoms with Crippen LogP contribution in [0.4, 0.5) is 10.1 Å². The quantitative estimate of drug-likeness (QED) is 0.268. The summed E-state index contributed by atoms with van der Waals surface area (Å²) >= 11 is 0. The maximum atomic E-state index is 14.9. The first-order valence-corrected chi connectivity index (χ1v) is 12.5. The number of anilines is 1. The lowest BCUT2D eigenvalue weighted by atomic mass is 9.99. The number of nitrogens with zero attached hydrogens (tertiary/aromatic N) is 1. The second-order valence-electron chi connectivity index (χ2n) is 9.51. The molecule has 0 bridgehead atoms. The van der Waals surface area contributed by atoms with Crippen molar-refractivity contribution in [3.05, 3.63) is 88.7 Å². The minimum Gasteiger partial charge on any atom is -0.508 e. The molecule has 0 aliphatic carbocycles. The molecule has 1 saturated heterocycles. The fraction of sp³-hybridized carbons (Fsp3) is 0.276. The van der Waals surface area contributed by atoms with Crippen molar-refractivity contribution >= 4 is 23.3 Å². The van der Waals surface area contributed by atoms with E-state index in [1.54, 1.807) is 14.1 Å². The molecule has 1 amide bonds. The van der Waals surface area contributed by atoms with E-state index in [0.29, 0.717) is 25.1 Å². The summed E-state index contributed by atoms with van der Waals surface area (Å²) in [4.78, 5) is 40.2. The number of nitrogens with one attached hydrogen (secondary N) is 2. The van der Waals surface area contributed by atoms with Gasteiger partial charge in [-0.2, -0.15) is 0 Å². The van der Waals surface area contributed by atoms with Crippen molar-refractivity contribution in [2.75, 3.05) is 32.1 Å². The van der Waals surface area contributed by atoms with Gasteiger partial charge in [0, 0.05) is 31.8 Å². The molecular weight excluding hydrogens is 505 g/mol. The second-order valence-corrected chi connectivity index (χ2v) is 9.51. The molecule has 10 heteroatoms. The van der Waals surface area contributed by atoms with Crippen molar-refractivity contribution in [3.8, 4) is 11.5 Å². The first-order chi connectivity index (χ1) is 18.7. The van der Waals surface area contributed by atoms with Crippen LogP contribution in [0, 0.1) is 5.82 Å². The van der Waals surface area contributed by atoms with E-state index in [1.165, 1.54) is 65.6 Å². The number of benzene rings is 3. The fourth-order valence-electron chi connectivity index (χ4n) is 4.39. The predicted molar refractivity (Wildman–Crippen MR) is 143 cm³/mol. The van der Waals surface area contributed by atoms with Gasteiger partial charge in [0.2, 0.25) is 0 Å². The Morgan fingerprint density at radius 1 is 0.949 bits per heavy atom. The number of carbonyl (C=O) groups excluding carboxylic acids is 3. The number of carbonyl (C=O) groups is 3. The van der Waals surface area contributed by atoms with Crippen LogP contribution in [-0.4, -0.2) is 67.2 Å². The zero-order valence-corrected chi connectivity index (χ0v) is 21.6. The van der Waals surface area contributed by atoms with Crippen molar-refractivity contribution in [2.45, 2.75) is 25.0 Å². The molecule has 0 aromatic heterocycles. The topological polar surface area (TPSA) is 128 Å². The van der Waals surface area contributed by atoms with Crippen LogP contribution < -0.4 is 15.5 Å². The molecule has 1 aliphatic rings. The van der Waals surface area contributed by atoms with Crippen LogP contribution in [0.2, 0.25) is 0 Å². The average molecular weight is 536 g/mol. The van der Waals surface area contributed by atoms with E-state index in [0.717, 1.165) is 6.42 Å². The van der Waals surface area contributed by atoms with E-state index in [-0.39, 0.29) is 28.5 Å². The lowest BCUT2D eigenvalue weighted by Gasteiger charge is -2.26. The van der Waals surface area contributed by atoms with Gasteiger partial charge in [0.25, 0.3) is 5.91 Å². The van der Waals surface area contributed by atoms with Gasteiger partial charge in [0.1, 0.15) is 23.2 Å². The van der Waals surface area contributed by atoms with E-state index in [1.807, 2.05) is 0 Å². The van der Waals surface area contributed by atoms with E-state index >= 15 is 0 Å². The molecule has 1 fully saturated rings. The largest absolute Gasteiger partial charge is 0.508 e. The van der Waals surface area contributed by atoms with Crippen molar-refractivity contribution < 1.29 is 33.7 Å². The summed E-state index contributed by atoms with van der Waals surface area (Å²) in [6.07, 6.45) is 0.656. The minimum atomic E-state index is -0.837. The monoisotopic (exact) mass is 535 g/mol. The number of aromatic hydroxyl groups is 2. The number of ether oxygens (including phenoxy) is 1. The number of hydrogen-bond donors (Lipinski definition) is 4. The maximum Gasteiger partial charge on any atom is 0.338 e. The number of esters is 1. The third-order valence-electron chi connectivity index (χ3n) is 6.55. The van der Waals surface area contributed by atoms with E-state index in [4.69, 9.17) is 4.74 Å². The summed E-state index contributed by atoms with van der Waals surface area (Å²) in [6.45, 7) is 1.10. The summed E-state index contributed by atoms with van der Waals surface area (Å²) in [6, 6.07) is 13.5. The van der Waals surface area contributed by atoms with Crippen LogP contribution in [0.5, 0.6) is 11.5 Å². The van der Waals surface area contributed by atoms with Crippen molar-refractivity contribution in [3.63, 3.8) is 0 Å². The van der Waals surface area contributed by atoms with E-state index in [2.05, 4.69) is 10.6 Å². The number of halogens is 1. The first-order valence-electron chi connectivity index (χ1n) is 12.5. The summed E-state index contributed by atoms with van der Waals surface area (Å²) < 4.78 is 20.7. The third kappa shape index (κ3) is 6.35. The lowest BCUT2D eigenvalue weighted by Crippen LogP contribution is -2.49. The Bertz CT molecular complexity index is 1360. The van der Waals surface area contributed by atoms with E-state index < -0.39 is 41.0 Å². The highest BCUT2D eigenvalue weighted by atomic mass is 19.1. The second kappa shape index (κ2) is 12.0. The highest BCUT2D eigenvalue weighted by molar-refractivity contribution is 6.11. The van der Waals surface area contributed by atoms with Gasteiger partial charge >= 0.3 is 5.97 Å². The smallest absolute Gasteiger partial charge is 0.338 e. The molecule has 1 aliphatic heterocycles. The molecule has 0 saturated carbocycles. The zero-order valence-electron chi connectivity index (χ0n) is 21.6. The summed E-state index contributed by atoms with van der Waals surface area (Å²) in [7, 11) is 3.25. The van der Waals surface area contributed by atoms with Crippen LogP contribution in [0.1, 0.15) is 49.5 Å². The molecule has 0 unspecified atom stereocenters. The van der Waals surface area contributed by atoms with Gasteiger partial charge in [-0.05, 0) is 67.9 Å². The average Bonchev–Trinajstić information content (AvgIpc) is 3.13. The third-order valence-corrected chi connectivity index (χ3v) is 6.55. The number of phenols is 2. The van der Waals surface area contributed by atoms with Crippen LogP contribution in [0.3, 0.4) is 0 Å². The summed E-state index contributed by atoms with van der Waals surface area (Å²) in [5.41, 5.74) is 0.338. The standard InChI is InChI=1S/C29H30FN3O6/c1-33(2)22-13-14-23(35)25(26(22)30)27(36)17-5-7-19(8-6-17)29(38)39-24-4-3-15-31-16-21(24)32-28(37)18-9-11-20(34)12-10-18/h5-14,21,24,31,34-35H,3-4,15-16H2,1-2H3,(H,32,37)/t21-,24-/m1/s1. The Labute approximate surface area is 225 Å². The Morgan fingerprint density at radius 2 is 1.59 bits per heavy atom. The summed E-state index contributed by atoms with van der Waals surface area (Å²) in [5, 5.41) is 25.7. The van der Waals surface area contributed by atoms with Gasteiger partial charge in [0.05, 0.1) is 17.3 Å². The lowest BCUT2D eigenvalue weighted by molar-refractivity contribution is 0.0192. The molecule has 3 aromatic rings. The van der Waals surface area contributed by atoms with Gasteiger partial charge in [-0.25, -0.2) is 9.18 Å². The van der Waals surface area contributed by atoms with Crippen molar-refractivity contribution in [2.24, 2.45) is 0 Å². The van der Waals surface area contributed by atoms with Crippen LogP contribution in [0.15, 0.2) is 60.7 Å². The van der Waals surface area contributed by atoms with Crippen molar-refractivity contribution in [1.29, 1.82) is 0 Å². The molecule has 2 atom stereocenters. The number of hydrogen-bond acceptors (Lipinski definition) is 8. The molecule has 204 valence electrons. The van der Waals surface area contributed by atoms with Crippen LogP contribution in [-0.2, 0) is 4.74 Å². The Morgan fingerprint density at radius 3 is 2.26 bits per heavy atom. The van der Waals surface area contributed by atoms with Crippen LogP contribution in [0.25, 0.3) is 0 Å². The Balaban J connectivity index is 1.47. The number of amides is 1. The molecule has 39 heavy (non-hydrogen) atoms. The predicted octanol–water partition coefficient (Wildman–Crippen LogP) is 3.24. The highest BCUT2D eigenvalue weighted by Crippen LogP contribution is 2.30. The van der Waals surface area contributed by atoms with Crippen LogP contribution >= 0.6 is 0 Å². The maximum absolute atomic E-state index is 14.9. The first kappa shape index (κ1) is 27.6. The zero-order chi connectivity index (χ0) is 28.1. The summed E-state index contributed by atoms with van der Waals surface area (Å²) in [5.74, 6) is -2.98. The van der Waals surface area contributed by atoms with E-state index in [9.17, 15) is 29.0 Å². The molecule has 4 N–H and O–H groups in total. The van der Waals surface area contributed by atoms with Gasteiger partial charge in [-0.1, -0.05) is 12.1 Å². The van der Waals surface area contributed by atoms with Crippen molar-refractivity contribution in [1.82, 2.24) is 10.6 Å². The van der Waals surface area contributed by atoms with Gasteiger partial charge in [-0.3, -0.25) is 9.59 Å². The normalized spacial score (nSPS) is 17.1. The SMILES string of the molecule is CN(C)c1ccc(O)c(C(=O)c2ccc(C(=O)O[C@@H]3CCCNC[C@H]3NC(=O)c3ccc(O)cc3)cc2)c1F. The van der Waals surface area contributed by atoms with Gasteiger partial charge < -0.3 is 30.5 Å². The molecule has 0 radical (unpaired) electrons. The molecule has 3 aromatic carbocycles. The number of ketones is 1. The molecule has 9 nitrogen and oxygen atoms in total. The molecule has 1 heterocycles. The van der Waals surface area contributed by atoms with Gasteiger partial charge in [0.15, 0.2) is 11.6 Å². The molecule has 0 spiro atoms. The number of rotatable bonds is 7. The fourth-order valence-corrected chi connectivity index (χ4v) is 4.39. The highest BCUT2D eigenvalue weighted by Gasteiger charge is 2.29. The minimum absolute atomic E-state index is 0.0474. The Hall–Kier alpha value is -4.44. The Kier molecular flexibility index (Phi) is 8.46. The number of phenolic OH excluding ortho intramolecular Hbond substituents is 2. The molecule has 4 rings (SSSR count). The molecular formula is C29H30FN3O6. The van der Waals surface area contributed by atoms with Gasteiger partial charge in [-0.15, -0.1) is 0 Å².